The molecule has 25 heavy (non-hydrogen) atoms. The second-order valence-corrected chi connectivity index (χ2v) is 7.89. The number of carbonyl (C=O) groups is 1. The summed E-state index contributed by atoms with van der Waals surface area (Å²) in [5.41, 5.74) is 2.37. The predicted molar refractivity (Wildman–Crippen MR) is 101 cm³/mol. The first-order valence-corrected chi connectivity index (χ1v) is 9.58. The van der Waals surface area contributed by atoms with Crippen molar-refractivity contribution in [2.75, 3.05) is 13.1 Å². The lowest BCUT2D eigenvalue weighted by Crippen LogP contribution is -2.38. The van der Waals surface area contributed by atoms with E-state index in [4.69, 9.17) is 16.6 Å². The summed E-state index contributed by atoms with van der Waals surface area (Å²) >= 11 is 7.79. The monoisotopic (exact) mass is 371 g/mol. The molecule has 0 radical (unpaired) electrons. The van der Waals surface area contributed by atoms with Gasteiger partial charge in [-0.05, 0) is 50.1 Å². The topological polar surface area (TPSA) is 46.1 Å². The number of pyridine rings is 1. The molecule has 6 heteroatoms. The van der Waals surface area contributed by atoms with Crippen LogP contribution in [0.3, 0.4) is 0 Å². The Morgan fingerprint density at radius 1 is 1.20 bits per heavy atom. The minimum absolute atomic E-state index is 0.0261. The minimum atomic E-state index is 0.0261. The molecule has 0 unspecified atom stereocenters. The molecule has 0 N–H and O–H groups in total. The highest BCUT2D eigenvalue weighted by atomic mass is 35.5. The van der Waals surface area contributed by atoms with E-state index in [1.54, 1.807) is 17.4 Å². The van der Waals surface area contributed by atoms with Gasteiger partial charge in [0.15, 0.2) is 0 Å². The first kappa shape index (κ1) is 16.5. The Balaban J connectivity index is 1.46. The van der Waals surface area contributed by atoms with Crippen molar-refractivity contribution in [2.45, 2.75) is 25.7 Å². The largest absolute Gasteiger partial charge is 0.337 e. The summed E-state index contributed by atoms with van der Waals surface area (Å²) in [6, 6.07) is 11.4. The van der Waals surface area contributed by atoms with Gasteiger partial charge in [0.05, 0.1) is 15.2 Å². The molecule has 1 saturated heterocycles. The van der Waals surface area contributed by atoms with E-state index in [1.165, 1.54) is 4.70 Å². The van der Waals surface area contributed by atoms with E-state index in [0.717, 1.165) is 47.2 Å². The lowest BCUT2D eigenvalue weighted by Gasteiger charge is -2.30. The molecule has 0 aliphatic carbocycles. The number of thiazole rings is 1. The highest BCUT2D eigenvalue weighted by Gasteiger charge is 2.27. The third kappa shape index (κ3) is 3.39. The SMILES string of the molecule is Cc1cccc(C(=O)N2CCC(c3nc4cc(Cl)ccc4s3)CC2)n1. The van der Waals surface area contributed by atoms with E-state index < -0.39 is 0 Å². The van der Waals surface area contributed by atoms with Crippen molar-refractivity contribution in [3.63, 3.8) is 0 Å². The van der Waals surface area contributed by atoms with Crippen molar-refractivity contribution < 1.29 is 4.79 Å². The van der Waals surface area contributed by atoms with Crippen LogP contribution in [-0.2, 0) is 0 Å². The maximum absolute atomic E-state index is 12.6. The maximum Gasteiger partial charge on any atom is 0.272 e. The Morgan fingerprint density at radius 2 is 2.00 bits per heavy atom. The Hall–Kier alpha value is -1.98. The first-order valence-electron chi connectivity index (χ1n) is 8.39. The Kier molecular flexibility index (Phi) is 4.44. The molecule has 1 aliphatic heterocycles. The van der Waals surface area contributed by atoms with Gasteiger partial charge < -0.3 is 4.90 Å². The summed E-state index contributed by atoms with van der Waals surface area (Å²) in [6.07, 6.45) is 1.87. The van der Waals surface area contributed by atoms with Gasteiger partial charge >= 0.3 is 0 Å². The molecular formula is C19H18ClN3OS. The quantitative estimate of drug-likeness (QED) is 0.657. The van der Waals surface area contributed by atoms with Gasteiger partial charge in [-0.2, -0.15) is 0 Å². The molecule has 3 aromatic rings. The van der Waals surface area contributed by atoms with Crippen molar-refractivity contribution in [3.8, 4) is 0 Å². The lowest BCUT2D eigenvalue weighted by molar-refractivity contribution is 0.0707. The van der Waals surface area contributed by atoms with Crippen LogP contribution in [0.4, 0.5) is 0 Å². The number of likely N-dealkylation sites (tertiary alicyclic amines) is 1. The molecule has 4 rings (SSSR count). The zero-order valence-corrected chi connectivity index (χ0v) is 15.5. The van der Waals surface area contributed by atoms with Gasteiger partial charge in [-0.25, -0.2) is 9.97 Å². The van der Waals surface area contributed by atoms with Crippen molar-refractivity contribution in [2.24, 2.45) is 0 Å². The first-order chi connectivity index (χ1) is 12.1. The van der Waals surface area contributed by atoms with Crippen LogP contribution >= 0.6 is 22.9 Å². The van der Waals surface area contributed by atoms with E-state index in [9.17, 15) is 4.79 Å². The number of fused-ring (bicyclic) bond motifs is 1. The normalized spacial score (nSPS) is 15.7. The molecule has 0 saturated carbocycles. The summed E-state index contributed by atoms with van der Waals surface area (Å²) in [7, 11) is 0. The van der Waals surface area contributed by atoms with Crippen LogP contribution in [0.5, 0.6) is 0 Å². The van der Waals surface area contributed by atoms with Crippen LogP contribution < -0.4 is 0 Å². The summed E-state index contributed by atoms with van der Waals surface area (Å²) in [4.78, 5) is 23.6. The third-order valence-electron chi connectivity index (χ3n) is 4.61. The fraction of sp³-hybridized carbons (Fsp3) is 0.316. The molecular weight excluding hydrogens is 354 g/mol. The highest BCUT2D eigenvalue weighted by Crippen LogP contribution is 2.34. The molecule has 1 amide bonds. The van der Waals surface area contributed by atoms with Crippen LogP contribution in [0, 0.1) is 6.92 Å². The number of hydrogen-bond acceptors (Lipinski definition) is 4. The molecule has 128 valence electrons. The van der Waals surface area contributed by atoms with Crippen LogP contribution in [-0.4, -0.2) is 33.9 Å². The fourth-order valence-corrected chi connectivity index (χ4v) is 4.53. The average molecular weight is 372 g/mol. The van der Waals surface area contributed by atoms with Crippen LogP contribution in [0.2, 0.25) is 5.02 Å². The van der Waals surface area contributed by atoms with E-state index in [1.807, 2.05) is 42.2 Å². The standard InChI is InChI=1S/C19H18ClN3OS/c1-12-3-2-4-15(21-12)19(24)23-9-7-13(8-10-23)18-22-16-11-14(20)5-6-17(16)25-18/h2-6,11,13H,7-10H2,1H3. The Labute approximate surface area is 155 Å². The second kappa shape index (κ2) is 6.73. The number of hydrogen-bond donors (Lipinski definition) is 0. The lowest BCUT2D eigenvalue weighted by atomic mass is 9.97. The van der Waals surface area contributed by atoms with Gasteiger partial charge in [-0.1, -0.05) is 17.7 Å². The molecule has 1 fully saturated rings. The number of amides is 1. The number of piperidine rings is 1. The van der Waals surface area contributed by atoms with Crippen molar-refractivity contribution in [3.05, 3.63) is 57.8 Å². The number of rotatable bonds is 2. The number of benzene rings is 1. The Morgan fingerprint density at radius 3 is 2.76 bits per heavy atom. The minimum Gasteiger partial charge on any atom is -0.337 e. The molecule has 0 bridgehead atoms. The summed E-state index contributed by atoms with van der Waals surface area (Å²) in [6.45, 7) is 3.40. The number of carbonyl (C=O) groups excluding carboxylic acids is 1. The molecule has 2 aromatic heterocycles. The van der Waals surface area contributed by atoms with Gasteiger partial charge in [0.1, 0.15) is 5.69 Å². The molecule has 3 heterocycles. The number of aryl methyl sites for hydroxylation is 1. The summed E-state index contributed by atoms with van der Waals surface area (Å²) < 4.78 is 1.17. The predicted octanol–water partition coefficient (Wildman–Crippen LogP) is 4.67. The summed E-state index contributed by atoms with van der Waals surface area (Å²) in [5, 5.41) is 1.87. The molecule has 0 atom stereocenters. The number of nitrogens with zero attached hydrogens (tertiary/aromatic N) is 3. The summed E-state index contributed by atoms with van der Waals surface area (Å²) in [5.74, 6) is 0.434. The molecule has 0 spiro atoms. The zero-order valence-electron chi connectivity index (χ0n) is 13.9. The van der Waals surface area contributed by atoms with E-state index in [0.29, 0.717) is 11.6 Å². The van der Waals surface area contributed by atoms with Crippen LogP contribution in [0.1, 0.15) is 39.9 Å². The number of halogens is 1. The van der Waals surface area contributed by atoms with Crippen LogP contribution in [0.15, 0.2) is 36.4 Å². The average Bonchev–Trinajstić information content (AvgIpc) is 3.04. The third-order valence-corrected chi connectivity index (χ3v) is 6.04. The van der Waals surface area contributed by atoms with Gasteiger partial charge in [0.25, 0.3) is 5.91 Å². The molecule has 1 aromatic carbocycles. The Bertz CT molecular complexity index is 931. The maximum atomic E-state index is 12.6. The highest BCUT2D eigenvalue weighted by molar-refractivity contribution is 7.18. The second-order valence-electron chi connectivity index (χ2n) is 6.39. The number of aromatic nitrogens is 2. The molecule has 1 aliphatic rings. The van der Waals surface area contributed by atoms with E-state index in [-0.39, 0.29) is 5.91 Å². The van der Waals surface area contributed by atoms with Crippen molar-refractivity contribution in [1.82, 2.24) is 14.9 Å². The van der Waals surface area contributed by atoms with E-state index >= 15 is 0 Å². The van der Waals surface area contributed by atoms with Gasteiger partial charge in [-0.3, -0.25) is 4.79 Å². The smallest absolute Gasteiger partial charge is 0.272 e. The van der Waals surface area contributed by atoms with Crippen molar-refractivity contribution in [1.29, 1.82) is 0 Å². The van der Waals surface area contributed by atoms with Crippen molar-refractivity contribution >= 4 is 39.1 Å². The molecule has 4 nitrogen and oxygen atoms in total. The van der Waals surface area contributed by atoms with E-state index in [2.05, 4.69) is 4.98 Å². The van der Waals surface area contributed by atoms with Crippen LogP contribution in [0.25, 0.3) is 10.2 Å². The van der Waals surface area contributed by atoms with Gasteiger partial charge in [0.2, 0.25) is 0 Å². The van der Waals surface area contributed by atoms with Gasteiger partial charge in [-0.15, -0.1) is 11.3 Å². The zero-order chi connectivity index (χ0) is 17.4. The fourth-order valence-electron chi connectivity index (χ4n) is 3.25. The van der Waals surface area contributed by atoms with Gasteiger partial charge in [0, 0.05) is 29.7 Å².